The van der Waals surface area contributed by atoms with Crippen molar-refractivity contribution in [2.45, 2.75) is 12.8 Å². The Labute approximate surface area is 125 Å². The summed E-state index contributed by atoms with van der Waals surface area (Å²) in [5.41, 5.74) is 6.23. The first-order valence-electron chi connectivity index (χ1n) is 7.04. The van der Waals surface area contributed by atoms with Crippen LogP contribution in [0.3, 0.4) is 0 Å². The van der Waals surface area contributed by atoms with Crippen molar-refractivity contribution in [3.63, 3.8) is 0 Å². The molecule has 0 aliphatic heterocycles. The van der Waals surface area contributed by atoms with Crippen molar-refractivity contribution in [2.24, 2.45) is 0 Å². The minimum Gasteiger partial charge on any atom is -0.484 e. The molecule has 0 heterocycles. The molecule has 0 aromatic heterocycles. The monoisotopic (exact) mass is 296 g/mol. The quantitative estimate of drug-likeness (QED) is 0.474. The molecule has 1 rings (SSSR count). The Morgan fingerprint density at radius 3 is 2.86 bits per heavy atom. The highest BCUT2D eigenvalue weighted by atomic mass is 16.5. The highest BCUT2D eigenvalue weighted by molar-refractivity contribution is 5.77. The number of benzene rings is 1. The number of nitrogen functional groups attached to an aromatic ring is 1. The molecule has 118 valence electrons. The molecule has 0 saturated heterocycles. The van der Waals surface area contributed by atoms with E-state index in [1.807, 2.05) is 0 Å². The number of unbranched alkanes of at least 4 members (excludes halogenated alkanes) is 1. The lowest BCUT2D eigenvalue weighted by Crippen LogP contribution is -2.29. The van der Waals surface area contributed by atoms with Crippen LogP contribution in [-0.2, 0) is 14.3 Å². The highest BCUT2D eigenvalue weighted by Crippen LogP contribution is 2.13. The second-order valence-electron chi connectivity index (χ2n) is 4.52. The Bertz CT molecular complexity index is 412. The molecule has 0 saturated carbocycles. The first-order valence-corrected chi connectivity index (χ1v) is 7.04. The fourth-order valence-corrected chi connectivity index (χ4v) is 1.61. The number of ether oxygens (including phenoxy) is 3. The largest absolute Gasteiger partial charge is 0.484 e. The third-order valence-corrected chi connectivity index (χ3v) is 2.70. The summed E-state index contributed by atoms with van der Waals surface area (Å²) in [5.74, 6) is 0.453. The zero-order valence-corrected chi connectivity index (χ0v) is 12.5. The maximum Gasteiger partial charge on any atom is 0.257 e. The first-order chi connectivity index (χ1) is 10.2. The van der Waals surface area contributed by atoms with Crippen molar-refractivity contribution in [3.05, 3.63) is 24.3 Å². The molecule has 6 heteroatoms. The van der Waals surface area contributed by atoms with Gasteiger partial charge in [0, 0.05) is 32.0 Å². The SMILES string of the molecule is COCCOCCCCNC(=O)COc1cccc(N)c1. The van der Waals surface area contributed by atoms with Gasteiger partial charge in [0.15, 0.2) is 6.61 Å². The van der Waals surface area contributed by atoms with Crippen LogP contribution >= 0.6 is 0 Å². The van der Waals surface area contributed by atoms with Gasteiger partial charge in [-0.05, 0) is 25.0 Å². The third-order valence-electron chi connectivity index (χ3n) is 2.70. The van der Waals surface area contributed by atoms with E-state index in [0.717, 1.165) is 12.8 Å². The van der Waals surface area contributed by atoms with Crippen LogP contribution in [0.1, 0.15) is 12.8 Å². The van der Waals surface area contributed by atoms with Crippen LogP contribution in [0, 0.1) is 0 Å². The van der Waals surface area contributed by atoms with Gasteiger partial charge in [-0.25, -0.2) is 0 Å². The summed E-state index contributed by atoms with van der Waals surface area (Å²) in [4.78, 5) is 11.6. The number of rotatable bonds is 11. The van der Waals surface area contributed by atoms with Crippen molar-refractivity contribution in [1.82, 2.24) is 5.32 Å². The first kappa shape index (κ1) is 17.3. The van der Waals surface area contributed by atoms with Gasteiger partial charge in [-0.3, -0.25) is 4.79 Å². The number of nitrogens with two attached hydrogens (primary N) is 1. The number of nitrogens with one attached hydrogen (secondary N) is 1. The van der Waals surface area contributed by atoms with Gasteiger partial charge >= 0.3 is 0 Å². The van der Waals surface area contributed by atoms with Gasteiger partial charge in [0.1, 0.15) is 5.75 Å². The van der Waals surface area contributed by atoms with E-state index >= 15 is 0 Å². The van der Waals surface area contributed by atoms with Crippen molar-refractivity contribution in [3.8, 4) is 5.75 Å². The van der Waals surface area contributed by atoms with Crippen LogP contribution in [0.15, 0.2) is 24.3 Å². The summed E-state index contributed by atoms with van der Waals surface area (Å²) in [6.07, 6.45) is 1.77. The standard InChI is InChI=1S/C15H24N2O4/c1-19-9-10-20-8-3-2-7-17-15(18)12-21-14-6-4-5-13(16)11-14/h4-6,11H,2-3,7-10,12,16H2,1H3,(H,17,18). The van der Waals surface area contributed by atoms with E-state index in [4.69, 9.17) is 19.9 Å². The molecule has 3 N–H and O–H groups in total. The maximum absolute atomic E-state index is 11.6. The van der Waals surface area contributed by atoms with Crippen LogP contribution < -0.4 is 15.8 Å². The molecular weight excluding hydrogens is 272 g/mol. The fraction of sp³-hybridized carbons (Fsp3) is 0.533. The van der Waals surface area contributed by atoms with Crippen molar-refractivity contribution in [2.75, 3.05) is 45.8 Å². The van der Waals surface area contributed by atoms with E-state index < -0.39 is 0 Å². The van der Waals surface area contributed by atoms with Gasteiger partial charge in [0.05, 0.1) is 13.2 Å². The second kappa shape index (κ2) is 10.9. The molecule has 6 nitrogen and oxygen atoms in total. The number of carbonyl (C=O) groups excluding carboxylic acids is 1. The van der Waals surface area contributed by atoms with Crippen LogP contribution in [0.5, 0.6) is 5.75 Å². The Balaban J connectivity index is 1.99. The van der Waals surface area contributed by atoms with Crippen molar-refractivity contribution < 1.29 is 19.0 Å². The molecule has 0 fully saturated rings. The Hall–Kier alpha value is -1.79. The summed E-state index contributed by atoms with van der Waals surface area (Å²) >= 11 is 0. The van der Waals surface area contributed by atoms with E-state index in [1.54, 1.807) is 31.4 Å². The lowest BCUT2D eigenvalue weighted by atomic mass is 10.3. The molecule has 1 amide bonds. The normalized spacial score (nSPS) is 10.3. The molecular formula is C15H24N2O4. The summed E-state index contributed by atoms with van der Waals surface area (Å²) < 4.78 is 15.5. The predicted octanol–water partition coefficient (Wildman–Crippen LogP) is 1.21. The van der Waals surface area contributed by atoms with Crippen LogP contribution in [0.25, 0.3) is 0 Å². The van der Waals surface area contributed by atoms with Gasteiger partial charge in [-0.15, -0.1) is 0 Å². The summed E-state index contributed by atoms with van der Waals surface area (Å²) in [7, 11) is 1.64. The lowest BCUT2D eigenvalue weighted by Gasteiger charge is -2.08. The predicted molar refractivity (Wildman–Crippen MR) is 81.3 cm³/mol. The van der Waals surface area contributed by atoms with Crippen LogP contribution in [-0.4, -0.2) is 46.0 Å². The second-order valence-corrected chi connectivity index (χ2v) is 4.52. The molecule has 0 spiro atoms. The van der Waals surface area contributed by atoms with Gasteiger partial charge in [-0.1, -0.05) is 6.07 Å². The molecule has 0 bridgehead atoms. The number of carbonyl (C=O) groups is 1. The van der Waals surface area contributed by atoms with Crippen molar-refractivity contribution in [1.29, 1.82) is 0 Å². The lowest BCUT2D eigenvalue weighted by molar-refractivity contribution is -0.123. The molecule has 21 heavy (non-hydrogen) atoms. The number of methoxy groups -OCH3 is 1. The smallest absolute Gasteiger partial charge is 0.257 e. The molecule has 0 aliphatic carbocycles. The van der Waals surface area contributed by atoms with E-state index in [-0.39, 0.29) is 12.5 Å². The molecule has 1 aromatic rings. The van der Waals surface area contributed by atoms with Gasteiger partial charge < -0.3 is 25.3 Å². The van der Waals surface area contributed by atoms with Gasteiger partial charge in [-0.2, -0.15) is 0 Å². The summed E-state index contributed by atoms with van der Waals surface area (Å²) in [5, 5.41) is 2.79. The summed E-state index contributed by atoms with van der Waals surface area (Å²) in [6, 6.07) is 7.00. The number of hydrogen-bond donors (Lipinski definition) is 2. The minimum absolute atomic E-state index is 0.00616. The van der Waals surface area contributed by atoms with E-state index in [9.17, 15) is 4.79 Å². The Morgan fingerprint density at radius 1 is 1.24 bits per heavy atom. The van der Waals surface area contributed by atoms with E-state index in [0.29, 0.717) is 37.8 Å². The number of hydrogen-bond acceptors (Lipinski definition) is 5. The van der Waals surface area contributed by atoms with Gasteiger partial charge in [0.2, 0.25) is 0 Å². The van der Waals surface area contributed by atoms with E-state index in [1.165, 1.54) is 0 Å². The van der Waals surface area contributed by atoms with Crippen molar-refractivity contribution >= 4 is 11.6 Å². The average molecular weight is 296 g/mol. The third kappa shape index (κ3) is 8.88. The van der Waals surface area contributed by atoms with Crippen LogP contribution in [0.4, 0.5) is 5.69 Å². The Kier molecular flexibility index (Phi) is 8.99. The molecule has 0 unspecified atom stereocenters. The Morgan fingerprint density at radius 2 is 2.10 bits per heavy atom. The zero-order valence-electron chi connectivity index (χ0n) is 12.5. The molecule has 0 aliphatic rings. The van der Waals surface area contributed by atoms with E-state index in [2.05, 4.69) is 5.32 Å². The number of amides is 1. The fourth-order valence-electron chi connectivity index (χ4n) is 1.61. The van der Waals surface area contributed by atoms with Gasteiger partial charge in [0.25, 0.3) is 5.91 Å². The molecule has 1 aromatic carbocycles. The minimum atomic E-state index is -0.141. The maximum atomic E-state index is 11.6. The average Bonchev–Trinajstić information content (AvgIpc) is 2.48. The zero-order chi connectivity index (χ0) is 15.3. The summed E-state index contributed by atoms with van der Waals surface area (Å²) in [6.45, 7) is 2.51. The van der Waals surface area contributed by atoms with Crippen LogP contribution in [0.2, 0.25) is 0 Å². The number of anilines is 1. The molecule has 0 atom stereocenters. The highest BCUT2D eigenvalue weighted by Gasteiger charge is 2.02. The topological polar surface area (TPSA) is 82.8 Å². The molecule has 0 radical (unpaired) electrons.